The van der Waals surface area contributed by atoms with E-state index in [0.29, 0.717) is 5.56 Å². The summed E-state index contributed by atoms with van der Waals surface area (Å²) >= 11 is 5.79. The van der Waals surface area contributed by atoms with Crippen molar-refractivity contribution in [2.75, 3.05) is 6.54 Å². The van der Waals surface area contributed by atoms with Gasteiger partial charge in [-0.1, -0.05) is 23.7 Å². The average molecular weight is 353 g/mol. The van der Waals surface area contributed by atoms with Crippen molar-refractivity contribution in [1.82, 2.24) is 10.6 Å². The Labute approximate surface area is 142 Å². The second-order valence-corrected chi connectivity index (χ2v) is 5.44. The molecule has 7 heteroatoms. The van der Waals surface area contributed by atoms with Crippen molar-refractivity contribution in [2.24, 2.45) is 0 Å². The van der Waals surface area contributed by atoms with Crippen LogP contribution in [0.5, 0.6) is 0 Å². The van der Waals surface area contributed by atoms with Gasteiger partial charge in [0.2, 0.25) is 5.91 Å². The van der Waals surface area contributed by atoms with Crippen molar-refractivity contribution < 1.29 is 18.4 Å². The van der Waals surface area contributed by atoms with E-state index in [-0.39, 0.29) is 41.8 Å². The summed E-state index contributed by atoms with van der Waals surface area (Å²) in [6.07, 6.45) is 0.0554. The van der Waals surface area contributed by atoms with Gasteiger partial charge < -0.3 is 10.6 Å². The van der Waals surface area contributed by atoms with Crippen molar-refractivity contribution in [1.29, 1.82) is 0 Å². The molecular formula is C17H15ClF2N2O2. The Morgan fingerprint density at radius 2 is 1.75 bits per heavy atom. The summed E-state index contributed by atoms with van der Waals surface area (Å²) in [5.74, 6) is -1.68. The van der Waals surface area contributed by atoms with Crippen molar-refractivity contribution in [2.45, 2.75) is 13.0 Å². The third kappa shape index (κ3) is 5.31. The molecule has 2 N–H and O–H groups in total. The minimum Gasteiger partial charge on any atom is -0.352 e. The van der Waals surface area contributed by atoms with Crippen LogP contribution in [0.1, 0.15) is 22.3 Å². The number of carbonyl (C=O) groups is 2. The zero-order chi connectivity index (χ0) is 17.5. The van der Waals surface area contributed by atoms with Gasteiger partial charge in [-0.2, -0.15) is 0 Å². The van der Waals surface area contributed by atoms with Crippen molar-refractivity contribution in [3.05, 3.63) is 70.2 Å². The molecule has 0 radical (unpaired) electrons. The lowest BCUT2D eigenvalue weighted by Gasteiger charge is -2.08. The number of benzene rings is 2. The lowest BCUT2D eigenvalue weighted by atomic mass is 10.2. The van der Waals surface area contributed by atoms with Gasteiger partial charge in [0.1, 0.15) is 11.6 Å². The third-order valence-electron chi connectivity index (χ3n) is 3.19. The summed E-state index contributed by atoms with van der Waals surface area (Å²) in [4.78, 5) is 23.6. The van der Waals surface area contributed by atoms with E-state index in [9.17, 15) is 18.4 Å². The summed E-state index contributed by atoms with van der Waals surface area (Å²) in [7, 11) is 0. The minimum atomic E-state index is -0.534. The van der Waals surface area contributed by atoms with Crippen molar-refractivity contribution in [3.8, 4) is 0 Å². The Morgan fingerprint density at radius 3 is 2.46 bits per heavy atom. The molecule has 0 aliphatic carbocycles. The molecule has 2 rings (SSSR count). The molecule has 0 saturated carbocycles. The predicted molar refractivity (Wildman–Crippen MR) is 86.6 cm³/mol. The molecule has 0 heterocycles. The monoisotopic (exact) mass is 352 g/mol. The summed E-state index contributed by atoms with van der Waals surface area (Å²) in [6, 6.07) is 9.36. The van der Waals surface area contributed by atoms with Gasteiger partial charge in [0, 0.05) is 19.5 Å². The zero-order valence-electron chi connectivity index (χ0n) is 12.6. The number of amides is 2. The molecule has 24 heavy (non-hydrogen) atoms. The van der Waals surface area contributed by atoms with Crippen LogP contribution in [0.3, 0.4) is 0 Å². The van der Waals surface area contributed by atoms with Crippen molar-refractivity contribution in [3.63, 3.8) is 0 Å². The van der Waals surface area contributed by atoms with E-state index in [1.807, 2.05) is 0 Å². The largest absolute Gasteiger partial charge is 0.352 e. The van der Waals surface area contributed by atoms with Gasteiger partial charge in [0.15, 0.2) is 0 Å². The molecule has 0 bridgehead atoms. The Bertz CT molecular complexity index is 753. The summed E-state index contributed by atoms with van der Waals surface area (Å²) < 4.78 is 25.9. The first kappa shape index (κ1) is 17.9. The fourth-order valence-corrected chi connectivity index (χ4v) is 2.25. The molecule has 0 unspecified atom stereocenters. The van der Waals surface area contributed by atoms with E-state index in [1.165, 1.54) is 18.2 Å². The van der Waals surface area contributed by atoms with Gasteiger partial charge >= 0.3 is 0 Å². The fraction of sp³-hybridized carbons (Fsp3) is 0.176. The van der Waals surface area contributed by atoms with E-state index >= 15 is 0 Å². The van der Waals surface area contributed by atoms with Crippen molar-refractivity contribution >= 4 is 23.4 Å². The Balaban J connectivity index is 1.75. The average Bonchev–Trinajstić information content (AvgIpc) is 2.53. The highest BCUT2D eigenvalue weighted by Crippen LogP contribution is 2.16. The van der Waals surface area contributed by atoms with Crippen LogP contribution in [0.25, 0.3) is 0 Å². The van der Waals surface area contributed by atoms with E-state index in [4.69, 9.17) is 11.6 Å². The molecule has 0 aromatic heterocycles. The first-order valence-corrected chi connectivity index (χ1v) is 7.58. The van der Waals surface area contributed by atoms with Crippen LogP contribution in [0, 0.1) is 11.6 Å². The number of hydrogen-bond donors (Lipinski definition) is 2. The number of halogens is 3. The standard InChI is InChI=1S/C17H15ClF2N2O2/c18-15-9-13(20)4-5-14(15)17(24)21-7-6-16(23)22-10-11-2-1-3-12(19)8-11/h1-5,8-9H,6-7,10H2,(H,21,24)(H,22,23). The molecule has 0 aliphatic rings. The first-order valence-electron chi connectivity index (χ1n) is 7.20. The smallest absolute Gasteiger partial charge is 0.252 e. The minimum absolute atomic E-state index is 0.00283. The molecule has 0 aliphatic heterocycles. The van der Waals surface area contributed by atoms with Crippen LogP contribution < -0.4 is 10.6 Å². The molecule has 0 saturated heterocycles. The molecule has 4 nitrogen and oxygen atoms in total. The van der Waals surface area contributed by atoms with E-state index in [2.05, 4.69) is 10.6 Å². The van der Waals surface area contributed by atoms with Crippen LogP contribution in [-0.2, 0) is 11.3 Å². The highest BCUT2D eigenvalue weighted by molar-refractivity contribution is 6.33. The summed E-state index contributed by atoms with van der Waals surface area (Å²) in [5.41, 5.74) is 0.781. The number of hydrogen-bond acceptors (Lipinski definition) is 2. The maximum atomic E-state index is 13.0. The molecule has 2 aromatic rings. The quantitative estimate of drug-likeness (QED) is 0.839. The lowest BCUT2D eigenvalue weighted by Crippen LogP contribution is -2.30. The van der Waals surface area contributed by atoms with Crippen LogP contribution in [-0.4, -0.2) is 18.4 Å². The van der Waals surface area contributed by atoms with Gasteiger partial charge in [-0.05, 0) is 35.9 Å². The maximum Gasteiger partial charge on any atom is 0.252 e. The van der Waals surface area contributed by atoms with Crippen LogP contribution >= 0.6 is 11.6 Å². The maximum absolute atomic E-state index is 13.0. The van der Waals surface area contributed by atoms with Gasteiger partial charge in [-0.15, -0.1) is 0 Å². The molecular weight excluding hydrogens is 338 g/mol. The van der Waals surface area contributed by atoms with Crippen LogP contribution in [0.2, 0.25) is 5.02 Å². The molecule has 2 amide bonds. The molecule has 0 spiro atoms. The van der Waals surface area contributed by atoms with Gasteiger partial charge in [0.25, 0.3) is 5.91 Å². The van der Waals surface area contributed by atoms with E-state index in [1.54, 1.807) is 12.1 Å². The van der Waals surface area contributed by atoms with E-state index in [0.717, 1.165) is 12.1 Å². The Hall–Kier alpha value is -2.47. The lowest BCUT2D eigenvalue weighted by molar-refractivity contribution is -0.121. The molecule has 0 atom stereocenters. The van der Waals surface area contributed by atoms with Gasteiger partial charge in [-0.25, -0.2) is 8.78 Å². The molecule has 126 valence electrons. The van der Waals surface area contributed by atoms with Gasteiger partial charge in [0.05, 0.1) is 10.6 Å². The van der Waals surface area contributed by atoms with Gasteiger partial charge in [-0.3, -0.25) is 9.59 Å². The predicted octanol–water partition coefficient (Wildman–Crippen LogP) is 3.05. The van der Waals surface area contributed by atoms with Crippen LogP contribution in [0.15, 0.2) is 42.5 Å². The Kier molecular flexibility index (Phi) is 6.26. The second kappa shape index (κ2) is 8.40. The number of rotatable bonds is 6. The van der Waals surface area contributed by atoms with Crippen LogP contribution in [0.4, 0.5) is 8.78 Å². The SMILES string of the molecule is O=C(CCNC(=O)c1ccc(F)cc1Cl)NCc1cccc(F)c1. The highest BCUT2D eigenvalue weighted by atomic mass is 35.5. The second-order valence-electron chi connectivity index (χ2n) is 5.04. The fourth-order valence-electron chi connectivity index (χ4n) is 1.99. The topological polar surface area (TPSA) is 58.2 Å². The molecule has 2 aromatic carbocycles. The highest BCUT2D eigenvalue weighted by Gasteiger charge is 2.11. The number of carbonyl (C=O) groups excluding carboxylic acids is 2. The normalized spacial score (nSPS) is 10.3. The third-order valence-corrected chi connectivity index (χ3v) is 3.50. The first-order chi connectivity index (χ1) is 11.5. The number of nitrogens with one attached hydrogen (secondary N) is 2. The van der Waals surface area contributed by atoms with E-state index < -0.39 is 11.7 Å². The molecule has 0 fully saturated rings. The summed E-state index contributed by atoms with van der Waals surface area (Å²) in [5, 5.41) is 5.16. The zero-order valence-corrected chi connectivity index (χ0v) is 13.4. The summed E-state index contributed by atoms with van der Waals surface area (Å²) in [6.45, 7) is 0.301. The Morgan fingerprint density at radius 1 is 1.00 bits per heavy atom.